The van der Waals surface area contributed by atoms with Gasteiger partial charge in [0.15, 0.2) is 6.61 Å². The normalized spacial score (nSPS) is 9.40. The second-order valence-corrected chi connectivity index (χ2v) is 1.83. The first-order valence-electron chi connectivity index (χ1n) is 3.20. The maximum atomic E-state index is 11.0. The van der Waals surface area contributed by atoms with E-state index < -0.39 is 12.6 Å². The first-order chi connectivity index (χ1) is 4.81. The van der Waals surface area contributed by atoms with Crippen molar-refractivity contribution < 1.29 is 19.0 Å². The molecular formula is C6H11FO3. The predicted octanol–water partition coefficient (Wildman–Crippen LogP) is 1.23. The van der Waals surface area contributed by atoms with Crippen LogP contribution in [0.25, 0.3) is 0 Å². The van der Waals surface area contributed by atoms with E-state index in [1.807, 2.05) is 6.92 Å². The summed E-state index contributed by atoms with van der Waals surface area (Å²) in [6.45, 7) is 1.71. The number of carbonyl (C=O) groups excluding carboxylic acids is 1. The van der Waals surface area contributed by atoms with Gasteiger partial charge in [-0.2, -0.15) is 4.94 Å². The summed E-state index contributed by atoms with van der Waals surface area (Å²) in [4.78, 5) is 13.4. The standard InChI is InChI=1S/C6H11FO3/c1-2-3-4-9-6(8)5-10-7/h2-5H2,1H3. The van der Waals surface area contributed by atoms with Crippen LogP contribution in [0.3, 0.4) is 0 Å². The minimum absolute atomic E-state index is 0.346. The molecule has 0 unspecified atom stereocenters. The molecule has 0 amide bonds. The van der Waals surface area contributed by atoms with E-state index in [-0.39, 0.29) is 0 Å². The molecule has 0 saturated carbocycles. The predicted molar refractivity (Wildman–Crippen MR) is 32.9 cm³/mol. The van der Waals surface area contributed by atoms with E-state index in [0.29, 0.717) is 6.61 Å². The van der Waals surface area contributed by atoms with Crippen molar-refractivity contribution in [1.29, 1.82) is 0 Å². The van der Waals surface area contributed by atoms with Gasteiger partial charge in [0.05, 0.1) is 6.61 Å². The van der Waals surface area contributed by atoms with Crippen LogP contribution in [-0.2, 0) is 14.5 Å². The summed E-state index contributed by atoms with van der Waals surface area (Å²) in [5.41, 5.74) is 0. The van der Waals surface area contributed by atoms with Crippen molar-refractivity contribution in [3.8, 4) is 0 Å². The Kier molecular flexibility index (Phi) is 6.06. The van der Waals surface area contributed by atoms with Crippen LogP contribution in [0.4, 0.5) is 4.53 Å². The van der Waals surface area contributed by atoms with Crippen LogP contribution >= 0.6 is 0 Å². The molecule has 0 rings (SSSR count). The van der Waals surface area contributed by atoms with Crippen molar-refractivity contribution in [3.63, 3.8) is 0 Å². The van der Waals surface area contributed by atoms with Crippen LogP contribution in [0.2, 0.25) is 0 Å². The average Bonchev–Trinajstić information content (AvgIpc) is 1.89. The molecule has 0 atom stereocenters. The van der Waals surface area contributed by atoms with Crippen molar-refractivity contribution in [2.45, 2.75) is 19.8 Å². The molecule has 4 heteroatoms. The van der Waals surface area contributed by atoms with Crippen LogP contribution in [-0.4, -0.2) is 19.2 Å². The molecule has 0 aliphatic rings. The highest BCUT2D eigenvalue weighted by molar-refractivity contribution is 5.70. The van der Waals surface area contributed by atoms with Gasteiger partial charge in [-0.15, -0.1) is 0 Å². The van der Waals surface area contributed by atoms with Gasteiger partial charge in [-0.1, -0.05) is 13.3 Å². The lowest BCUT2D eigenvalue weighted by Gasteiger charge is -1.99. The highest BCUT2D eigenvalue weighted by Crippen LogP contribution is 1.89. The van der Waals surface area contributed by atoms with Gasteiger partial charge >= 0.3 is 5.97 Å². The Morgan fingerprint density at radius 3 is 2.80 bits per heavy atom. The zero-order chi connectivity index (χ0) is 7.82. The lowest BCUT2D eigenvalue weighted by molar-refractivity contribution is -0.175. The second-order valence-electron chi connectivity index (χ2n) is 1.83. The SMILES string of the molecule is CCCCOC(=O)COF. The highest BCUT2D eigenvalue weighted by Gasteiger charge is 2.00. The van der Waals surface area contributed by atoms with Gasteiger partial charge in [0.25, 0.3) is 0 Å². The van der Waals surface area contributed by atoms with Crippen LogP contribution in [0, 0.1) is 0 Å². The number of carbonyl (C=O) groups is 1. The zero-order valence-electron chi connectivity index (χ0n) is 5.93. The van der Waals surface area contributed by atoms with Gasteiger partial charge in [0.2, 0.25) is 0 Å². The molecule has 0 aliphatic carbocycles. The summed E-state index contributed by atoms with van der Waals surface area (Å²) in [5, 5.41) is 0. The third-order valence-electron chi connectivity index (χ3n) is 0.933. The molecule has 0 aromatic carbocycles. The number of ether oxygens (including phenoxy) is 1. The maximum Gasteiger partial charge on any atom is 0.335 e. The molecule has 60 valence electrons. The Labute approximate surface area is 59.0 Å². The molecule has 0 aromatic heterocycles. The van der Waals surface area contributed by atoms with E-state index >= 15 is 0 Å². The van der Waals surface area contributed by atoms with Crippen LogP contribution in [0.1, 0.15) is 19.8 Å². The van der Waals surface area contributed by atoms with Crippen LogP contribution in [0.15, 0.2) is 0 Å². The molecule has 0 radical (unpaired) electrons. The lowest BCUT2D eigenvalue weighted by Crippen LogP contribution is -2.10. The Bertz CT molecular complexity index is 95.0. The number of hydrogen-bond donors (Lipinski definition) is 0. The van der Waals surface area contributed by atoms with Gasteiger partial charge < -0.3 is 4.74 Å². The molecular weight excluding hydrogens is 139 g/mol. The first-order valence-corrected chi connectivity index (χ1v) is 3.20. The quantitative estimate of drug-likeness (QED) is 0.436. The molecule has 0 aliphatic heterocycles. The molecule has 0 N–H and O–H groups in total. The van der Waals surface area contributed by atoms with Crippen molar-refractivity contribution in [2.75, 3.05) is 13.2 Å². The fraction of sp³-hybridized carbons (Fsp3) is 0.833. The zero-order valence-corrected chi connectivity index (χ0v) is 5.93. The van der Waals surface area contributed by atoms with E-state index in [1.54, 1.807) is 0 Å². The second kappa shape index (κ2) is 6.48. The van der Waals surface area contributed by atoms with E-state index in [9.17, 15) is 9.32 Å². The summed E-state index contributed by atoms with van der Waals surface area (Å²) >= 11 is 0. The number of hydrogen-bond acceptors (Lipinski definition) is 3. The Morgan fingerprint density at radius 1 is 1.60 bits per heavy atom. The van der Waals surface area contributed by atoms with Gasteiger partial charge in [-0.3, -0.25) is 0 Å². The fourth-order valence-corrected chi connectivity index (χ4v) is 0.417. The van der Waals surface area contributed by atoms with E-state index in [2.05, 4.69) is 9.68 Å². The molecule has 10 heavy (non-hydrogen) atoms. The van der Waals surface area contributed by atoms with E-state index in [0.717, 1.165) is 12.8 Å². The summed E-state index contributed by atoms with van der Waals surface area (Å²) in [7, 11) is 0. The average molecular weight is 150 g/mol. The maximum absolute atomic E-state index is 11.0. The first kappa shape index (κ1) is 9.36. The largest absolute Gasteiger partial charge is 0.464 e. The Balaban J connectivity index is 3.05. The number of rotatable bonds is 5. The van der Waals surface area contributed by atoms with Crippen molar-refractivity contribution in [2.24, 2.45) is 0 Å². The highest BCUT2D eigenvalue weighted by atomic mass is 19.3. The summed E-state index contributed by atoms with van der Waals surface area (Å²) in [6, 6.07) is 0. The molecule has 0 bridgehead atoms. The van der Waals surface area contributed by atoms with Gasteiger partial charge in [-0.25, -0.2) is 4.79 Å². The van der Waals surface area contributed by atoms with Crippen LogP contribution in [0.5, 0.6) is 0 Å². The third-order valence-corrected chi connectivity index (χ3v) is 0.933. The summed E-state index contributed by atoms with van der Waals surface area (Å²) in [5.74, 6) is -0.657. The topological polar surface area (TPSA) is 35.5 Å². The summed E-state index contributed by atoms with van der Waals surface area (Å²) in [6.07, 6.45) is 1.75. The van der Waals surface area contributed by atoms with E-state index in [1.165, 1.54) is 0 Å². The van der Waals surface area contributed by atoms with Crippen molar-refractivity contribution in [3.05, 3.63) is 0 Å². The van der Waals surface area contributed by atoms with Gasteiger partial charge in [0.1, 0.15) is 0 Å². The molecule has 0 saturated heterocycles. The van der Waals surface area contributed by atoms with E-state index in [4.69, 9.17) is 0 Å². The van der Waals surface area contributed by atoms with Crippen molar-refractivity contribution >= 4 is 5.97 Å². The minimum atomic E-state index is -0.657. The van der Waals surface area contributed by atoms with Crippen molar-refractivity contribution in [1.82, 2.24) is 0 Å². The molecule has 0 fully saturated rings. The molecule has 0 aromatic rings. The Morgan fingerprint density at radius 2 is 2.30 bits per heavy atom. The summed E-state index contributed by atoms with van der Waals surface area (Å²) < 4.78 is 15.5. The minimum Gasteiger partial charge on any atom is -0.464 e. The molecule has 0 heterocycles. The number of unbranched alkanes of at least 4 members (excludes halogenated alkanes) is 1. The number of esters is 1. The lowest BCUT2D eigenvalue weighted by atomic mass is 10.4. The van der Waals surface area contributed by atoms with Gasteiger partial charge in [0, 0.05) is 0 Å². The molecule has 3 nitrogen and oxygen atoms in total. The fourth-order valence-electron chi connectivity index (χ4n) is 0.417. The smallest absolute Gasteiger partial charge is 0.335 e. The molecule has 0 spiro atoms. The third kappa shape index (κ3) is 5.50. The Hall–Kier alpha value is -0.640. The number of halogens is 1. The monoisotopic (exact) mass is 150 g/mol. The van der Waals surface area contributed by atoms with Gasteiger partial charge in [-0.05, 0) is 10.9 Å². The van der Waals surface area contributed by atoms with Crippen LogP contribution < -0.4 is 0 Å².